The van der Waals surface area contributed by atoms with E-state index in [0.717, 1.165) is 0 Å². The molecule has 2 heterocycles. The maximum absolute atomic E-state index is 12.0. The fourth-order valence-electron chi connectivity index (χ4n) is 1.51. The van der Waals surface area contributed by atoms with Gasteiger partial charge in [-0.05, 0) is 40.4 Å². The van der Waals surface area contributed by atoms with E-state index >= 15 is 0 Å². The number of carbonyl (C=O) groups is 2. The van der Waals surface area contributed by atoms with Crippen molar-refractivity contribution in [1.29, 1.82) is 5.26 Å². The van der Waals surface area contributed by atoms with E-state index in [1.807, 2.05) is 6.07 Å². The average molecular weight is 380 g/mol. The number of hydrogen-bond donors (Lipinski definition) is 1. The molecule has 22 heavy (non-hydrogen) atoms. The fourth-order valence-corrected chi connectivity index (χ4v) is 2.62. The Morgan fingerprint density at radius 1 is 1.50 bits per heavy atom. The molecule has 0 spiro atoms. The average Bonchev–Trinajstić information content (AvgIpc) is 2.94. The minimum absolute atomic E-state index is 0.239. The molecule has 0 aromatic carbocycles. The summed E-state index contributed by atoms with van der Waals surface area (Å²) in [5, 5.41) is 13.6. The molecule has 2 aromatic heterocycles. The van der Waals surface area contributed by atoms with Crippen molar-refractivity contribution < 1.29 is 14.3 Å². The molecule has 2 rings (SSSR count). The van der Waals surface area contributed by atoms with Gasteiger partial charge in [0.2, 0.25) is 0 Å². The van der Waals surface area contributed by atoms with Crippen LogP contribution in [-0.2, 0) is 9.53 Å². The number of rotatable bonds is 4. The SMILES string of the molecule is CC(OC(=O)c1cncc(Br)c1)C(=O)Nc1sccc1C#N. The number of anilines is 1. The third-order valence-corrected chi connectivity index (χ3v) is 3.88. The van der Waals surface area contributed by atoms with Crippen molar-refractivity contribution in [3.8, 4) is 6.07 Å². The fraction of sp³-hybridized carbons (Fsp3) is 0.143. The van der Waals surface area contributed by atoms with Gasteiger partial charge in [0.1, 0.15) is 11.1 Å². The van der Waals surface area contributed by atoms with Crippen molar-refractivity contribution in [2.24, 2.45) is 0 Å². The van der Waals surface area contributed by atoms with Crippen LogP contribution in [0.1, 0.15) is 22.8 Å². The number of thiophene rings is 1. The molecule has 0 aliphatic rings. The normalized spacial score (nSPS) is 11.3. The Hall–Kier alpha value is -2.24. The molecule has 1 atom stereocenters. The zero-order valence-electron chi connectivity index (χ0n) is 11.4. The highest BCUT2D eigenvalue weighted by Gasteiger charge is 2.20. The van der Waals surface area contributed by atoms with Crippen LogP contribution in [0.3, 0.4) is 0 Å². The summed E-state index contributed by atoms with van der Waals surface area (Å²) in [6.07, 6.45) is 1.89. The number of carbonyl (C=O) groups excluding carboxylic acids is 2. The molecule has 0 saturated carbocycles. The van der Waals surface area contributed by atoms with Gasteiger partial charge < -0.3 is 10.1 Å². The van der Waals surface area contributed by atoms with Gasteiger partial charge in [-0.2, -0.15) is 5.26 Å². The minimum Gasteiger partial charge on any atom is -0.449 e. The maximum atomic E-state index is 12.0. The van der Waals surface area contributed by atoms with Gasteiger partial charge in [-0.25, -0.2) is 4.79 Å². The predicted molar refractivity (Wildman–Crippen MR) is 84.5 cm³/mol. The van der Waals surface area contributed by atoms with Crippen LogP contribution >= 0.6 is 27.3 Å². The number of nitrogens with zero attached hydrogens (tertiary/aromatic N) is 2. The van der Waals surface area contributed by atoms with Crippen LogP contribution in [0.4, 0.5) is 5.00 Å². The molecule has 112 valence electrons. The lowest BCUT2D eigenvalue weighted by molar-refractivity contribution is -0.123. The first-order valence-electron chi connectivity index (χ1n) is 6.11. The molecule has 0 bridgehead atoms. The second-order valence-electron chi connectivity index (χ2n) is 4.20. The number of nitriles is 1. The molecule has 0 saturated heterocycles. The van der Waals surface area contributed by atoms with Gasteiger partial charge in [-0.15, -0.1) is 11.3 Å². The molecule has 2 aromatic rings. The summed E-state index contributed by atoms with van der Waals surface area (Å²) >= 11 is 4.43. The summed E-state index contributed by atoms with van der Waals surface area (Å²) in [5.74, 6) is -1.15. The Morgan fingerprint density at radius 3 is 2.95 bits per heavy atom. The largest absolute Gasteiger partial charge is 0.449 e. The summed E-state index contributed by atoms with van der Waals surface area (Å²) < 4.78 is 5.72. The number of pyridine rings is 1. The van der Waals surface area contributed by atoms with Gasteiger partial charge in [-0.3, -0.25) is 9.78 Å². The predicted octanol–water partition coefficient (Wildman–Crippen LogP) is 2.96. The maximum Gasteiger partial charge on any atom is 0.340 e. The molecular formula is C14H10BrN3O3S. The van der Waals surface area contributed by atoms with Crippen molar-refractivity contribution in [1.82, 2.24) is 4.98 Å². The van der Waals surface area contributed by atoms with Gasteiger partial charge in [0.05, 0.1) is 11.1 Å². The number of halogens is 1. The lowest BCUT2D eigenvalue weighted by Gasteiger charge is -2.12. The number of amides is 1. The van der Waals surface area contributed by atoms with Crippen LogP contribution in [0, 0.1) is 11.3 Å². The standard InChI is InChI=1S/C14H10BrN3O3S/c1-8(12(19)18-13-9(5-16)2-3-22-13)21-14(20)10-4-11(15)7-17-6-10/h2-4,6-8H,1H3,(H,18,19). The van der Waals surface area contributed by atoms with Crippen LogP contribution in [-0.4, -0.2) is 23.0 Å². The van der Waals surface area contributed by atoms with Crippen molar-refractivity contribution in [2.75, 3.05) is 5.32 Å². The zero-order valence-corrected chi connectivity index (χ0v) is 13.8. The number of hydrogen-bond acceptors (Lipinski definition) is 6. The van der Waals surface area contributed by atoms with E-state index in [0.29, 0.717) is 15.0 Å². The second kappa shape index (κ2) is 7.15. The number of esters is 1. The number of nitrogens with one attached hydrogen (secondary N) is 1. The van der Waals surface area contributed by atoms with Crippen LogP contribution in [0.2, 0.25) is 0 Å². The smallest absolute Gasteiger partial charge is 0.340 e. The van der Waals surface area contributed by atoms with Gasteiger partial charge in [0, 0.05) is 16.9 Å². The van der Waals surface area contributed by atoms with E-state index < -0.39 is 18.0 Å². The van der Waals surface area contributed by atoms with Gasteiger partial charge in [-0.1, -0.05) is 0 Å². The molecule has 0 aliphatic heterocycles. The Morgan fingerprint density at radius 2 is 2.27 bits per heavy atom. The Balaban J connectivity index is 2.00. The van der Waals surface area contributed by atoms with Crippen molar-refractivity contribution in [3.63, 3.8) is 0 Å². The summed E-state index contributed by atoms with van der Waals surface area (Å²) in [6, 6.07) is 5.12. The lowest BCUT2D eigenvalue weighted by Crippen LogP contribution is -2.30. The molecule has 1 N–H and O–H groups in total. The molecule has 0 aliphatic carbocycles. The van der Waals surface area contributed by atoms with E-state index in [9.17, 15) is 9.59 Å². The lowest BCUT2D eigenvalue weighted by atomic mass is 10.3. The van der Waals surface area contributed by atoms with E-state index in [2.05, 4.69) is 26.2 Å². The summed E-state index contributed by atoms with van der Waals surface area (Å²) in [4.78, 5) is 27.8. The minimum atomic E-state index is -1.000. The first-order chi connectivity index (χ1) is 10.5. The Bertz CT molecular complexity index is 754. The molecule has 8 heteroatoms. The molecule has 1 unspecified atom stereocenters. The van der Waals surface area contributed by atoms with Crippen LogP contribution in [0.15, 0.2) is 34.4 Å². The Labute approximate surface area is 138 Å². The highest BCUT2D eigenvalue weighted by atomic mass is 79.9. The number of ether oxygens (including phenoxy) is 1. The molecule has 1 amide bonds. The first-order valence-corrected chi connectivity index (χ1v) is 7.78. The van der Waals surface area contributed by atoms with Crippen molar-refractivity contribution in [2.45, 2.75) is 13.0 Å². The van der Waals surface area contributed by atoms with Crippen molar-refractivity contribution in [3.05, 3.63) is 45.5 Å². The molecular weight excluding hydrogens is 370 g/mol. The third kappa shape index (κ3) is 3.90. The van der Waals surface area contributed by atoms with E-state index in [-0.39, 0.29) is 5.56 Å². The summed E-state index contributed by atoms with van der Waals surface area (Å²) in [5.41, 5.74) is 0.607. The topological polar surface area (TPSA) is 92.1 Å². The summed E-state index contributed by atoms with van der Waals surface area (Å²) in [6.45, 7) is 1.46. The highest BCUT2D eigenvalue weighted by molar-refractivity contribution is 9.10. The van der Waals surface area contributed by atoms with E-state index in [1.165, 1.54) is 30.7 Å². The highest BCUT2D eigenvalue weighted by Crippen LogP contribution is 2.22. The quantitative estimate of drug-likeness (QED) is 0.824. The van der Waals surface area contributed by atoms with E-state index in [4.69, 9.17) is 10.00 Å². The van der Waals surface area contributed by atoms with Crippen LogP contribution in [0.5, 0.6) is 0 Å². The summed E-state index contributed by atoms with van der Waals surface area (Å²) in [7, 11) is 0. The Kier molecular flexibility index (Phi) is 5.25. The zero-order chi connectivity index (χ0) is 16.1. The molecule has 6 nitrogen and oxygen atoms in total. The first kappa shape index (κ1) is 16.1. The monoisotopic (exact) mass is 379 g/mol. The second-order valence-corrected chi connectivity index (χ2v) is 6.04. The third-order valence-electron chi connectivity index (χ3n) is 2.62. The molecule has 0 fully saturated rings. The van der Waals surface area contributed by atoms with Crippen LogP contribution < -0.4 is 5.32 Å². The molecule has 0 radical (unpaired) electrons. The van der Waals surface area contributed by atoms with Crippen molar-refractivity contribution >= 4 is 44.1 Å². The van der Waals surface area contributed by atoms with E-state index in [1.54, 1.807) is 17.5 Å². The van der Waals surface area contributed by atoms with Gasteiger partial charge in [0.15, 0.2) is 6.10 Å². The van der Waals surface area contributed by atoms with Gasteiger partial charge in [0.25, 0.3) is 5.91 Å². The number of aromatic nitrogens is 1. The van der Waals surface area contributed by atoms with Gasteiger partial charge >= 0.3 is 5.97 Å². The van der Waals surface area contributed by atoms with Crippen LogP contribution in [0.25, 0.3) is 0 Å².